The molecule has 16 heavy (non-hydrogen) atoms. The fraction of sp³-hybridized carbons (Fsp3) is 1.00. The van der Waals surface area contributed by atoms with Gasteiger partial charge in [0.2, 0.25) is 0 Å². The Balaban J connectivity index is 3.98. The zero-order valence-electron chi connectivity index (χ0n) is 10.4. The van der Waals surface area contributed by atoms with Gasteiger partial charge in [-0.2, -0.15) is 0 Å². The molecule has 0 aromatic rings. The van der Waals surface area contributed by atoms with E-state index in [0.717, 1.165) is 26.3 Å². The number of halogens is 2. The largest absolute Gasteiger partial charge is 0.383 e. The molecule has 0 bridgehead atoms. The number of rotatable bonds is 9. The molecule has 0 rings (SSSR count). The highest BCUT2D eigenvalue weighted by atomic mass is 79.9. The van der Waals surface area contributed by atoms with E-state index in [2.05, 4.69) is 55.8 Å². The SMILES string of the molecule is COCCN(C)C(Br)C(Br)N(C)CCOC. The van der Waals surface area contributed by atoms with Gasteiger partial charge in [-0.1, -0.05) is 31.9 Å². The summed E-state index contributed by atoms with van der Waals surface area (Å²) < 4.78 is 10.1. The van der Waals surface area contributed by atoms with Crippen LogP contribution in [0, 0.1) is 0 Å². The first-order chi connectivity index (χ1) is 7.54. The molecule has 0 heterocycles. The Labute approximate surface area is 116 Å². The van der Waals surface area contributed by atoms with Crippen molar-refractivity contribution in [1.29, 1.82) is 0 Å². The second-order valence-electron chi connectivity index (χ2n) is 3.69. The number of ether oxygens (including phenoxy) is 2. The molecule has 0 aliphatic carbocycles. The molecule has 4 nitrogen and oxygen atoms in total. The van der Waals surface area contributed by atoms with Crippen LogP contribution >= 0.6 is 31.9 Å². The van der Waals surface area contributed by atoms with E-state index in [4.69, 9.17) is 9.47 Å². The smallest absolute Gasteiger partial charge is 0.0912 e. The van der Waals surface area contributed by atoms with E-state index in [9.17, 15) is 0 Å². The molecule has 6 heteroatoms. The highest BCUT2D eigenvalue weighted by molar-refractivity contribution is 9.12. The monoisotopic (exact) mass is 360 g/mol. The minimum Gasteiger partial charge on any atom is -0.383 e. The summed E-state index contributed by atoms with van der Waals surface area (Å²) in [6.07, 6.45) is 0. The highest BCUT2D eigenvalue weighted by Crippen LogP contribution is 2.19. The van der Waals surface area contributed by atoms with Crippen LogP contribution in [0.15, 0.2) is 0 Å². The first-order valence-corrected chi connectivity index (χ1v) is 7.04. The van der Waals surface area contributed by atoms with Crippen LogP contribution < -0.4 is 0 Å². The number of methoxy groups -OCH3 is 2. The number of nitrogens with zero attached hydrogens (tertiary/aromatic N) is 2. The van der Waals surface area contributed by atoms with Gasteiger partial charge in [-0.25, -0.2) is 0 Å². The topological polar surface area (TPSA) is 24.9 Å². The van der Waals surface area contributed by atoms with Crippen molar-refractivity contribution < 1.29 is 9.47 Å². The van der Waals surface area contributed by atoms with Crippen molar-refractivity contribution in [2.45, 2.75) is 9.90 Å². The van der Waals surface area contributed by atoms with Gasteiger partial charge in [0.05, 0.1) is 23.1 Å². The number of likely N-dealkylation sites (N-methyl/N-ethyl adjacent to an activating group) is 2. The number of alkyl halides is 2. The predicted octanol–water partition coefficient (Wildman–Crippen LogP) is 1.58. The van der Waals surface area contributed by atoms with E-state index in [-0.39, 0.29) is 9.90 Å². The third-order valence-corrected chi connectivity index (χ3v) is 5.47. The van der Waals surface area contributed by atoms with Gasteiger partial charge >= 0.3 is 0 Å². The minimum atomic E-state index is 0.240. The maximum Gasteiger partial charge on any atom is 0.0912 e. The molecule has 0 spiro atoms. The van der Waals surface area contributed by atoms with Crippen molar-refractivity contribution in [1.82, 2.24) is 9.80 Å². The second-order valence-corrected chi connectivity index (χ2v) is 5.57. The zero-order chi connectivity index (χ0) is 12.6. The van der Waals surface area contributed by atoms with Crippen LogP contribution in [-0.4, -0.2) is 74.3 Å². The Hall–Kier alpha value is 0.800. The fourth-order valence-corrected chi connectivity index (χ4v) is 2.35. The van der Waals surface area contributed by atoms with E-state index in [1.54, 1.807) is 14.2 Å². The lowest BCUT2D eigenvalue weighted by Crippen LogP contribution is -2.44. The molecule has 0 amide bonds. The quantitative estimate of drug-likeness (QED) is 0.460. The maximum absolute atomic E-state index is 5.06. The normalized spacial score (nSPS) is 15.8. The molecular formula is C10H22Br2N2O2. The fourth-order valence-electron chi connectivity index (χ4n) is 1.14. The summed E-state index contributed by atoms with van der Waals surface area (Å²) in [5, 5.41) is 0. The Morgan fingerprint density at radius 3 is 1.44 bits per heavy atom. The van der Waals surface area contributed by atoms with Crippen LogP contribution in [0.1, 0.15) is 0 Å². The highest BCUT2D eigenvalue weighted by Gasteiger charge is 2.23. The van der Waals surface area contributed by atoms with Crippen molar-refractivity contribution in [3.8, 4) is 0 Å². The van der Waals surface area contributed by atoms with E-state index < -0.39 is 0 Å². The van der Waals surface area contributed by atoms with E-state index in [0.29, 0.717) is 0 Å². The molecule has 2 unspecified atom stereocenters. The van der Waals surface area contributed by atoms with Gasteiger partial charge in [0.25, 0.3) is 0 Å². The van der Waals surface area contributed by atoms with E-state index >= 15 is 0 Å². The van der Waals surface area contributed by atoms with Gasteiger partial charge in [0.15, 0.2) is 0 Å². The molecule has 0 radical (unpaired) electrons. The summed E-state index contributed by atoms with van der Waals surface area (Å²) in [4.78, 5) is 4.88. The van der Waals surface area contributed by atoms with Crippen LogP contribution in [0.2, 0.25) is 0 Å². The van der Waals surface area contributed by atoms with Gasteiger partial charge in [-0.05, 0) is 14.1 Å². The lowest BCUT2D eigenvalue weighted by Gasteiger charge is -2.32. The first-order valence-electron chi connectivity index (χ1n) is 5.21. The molecule has 0 aliphatic rings. The third-order valence-electron chi connectivity index (χ3n) is 2.37. The lowest BCUT2D eigenvalue weighted by molar-refractivity contribution is 0.127. The van der Waals surface area contributed by atoms with Crippen LogP contribution in [0.3, 0.4) is 0 Å². The molecule has 0 saturated carbocycles. The molecule has 2 atom stereocenters. The van der Waals surface area contributed by atoms with Gasteiger partial charge in [-0.15, -0.1) is 0 Å². The summed E-state index contributed by atoms with van der Waals surface area (Å²) in [7, 11) is 7.56. The molecule has 0 fully saturated rings. The summed E-state index contributed by atoms with van der Waals surface area (Å²) in [5.41, 5.74) is 0. The van der Waals surface area contributed by atoms with Gasteiger partial charge in [0, 0.05) is 27.3 Å². The van der Waals surface area contributed by atoms with Crippen molar-refractivity contribution in [2.75, 3.05) is 54.6 Å². The number of hydrogen-bond donors (Lipinski definition) is 0. The molecular weight excluding hydrogens is 340 g/mol. The van der Waals surface area contributed by atoms with Crippen molar-refractivity contribution in [3.05, 3.63) is 0 Å². The summed E-state index contributed by atoms with van der Waals surface area (Å²) in [6.45, 7) is 3.26. The van der Waals surface area contributed by atoms with E-state index in [1.165, 1.54) is 0 Å². The molecule has 0 aromatic heterocycles. The average molecular weight is 362 g/mol. The Morgan fingerprint density at radius 2 is 1.19 bits per heavy atom. The maximum atomic E-state index is 5.06. The van der Waals surface area contributed by atoms with Crippen molar-refractivity contribution in [2.24, 2.45) is 0 Å². The van der Waals surface area contributed by atoms with Crippen LogP contribution in [0.5, 0.6) is 0 Å². The third kappa shape index (κ3) is 6.51. The van der Waals surface area contributed by atoms with Gasteiger partial charge in [0.1, 0.15) is 0 Å². The Kier molecular flexibility index (Phi) is 10.3. The van der Waals surface area contributed by atoms with Crippen LogP contribution in [0.25, 0.3) is 0 Å². The van der Waals surface area contributed by atoms with Crippen LogP contribution in [-0.2, 0) is 9.47 Å². The van der Waals surface area contributed by atoms with Crippen LogP contribution in [0.4, 0.5) is 0 Å². The Bertz CT molecular complexity index is 157. The summed E-state index contributed by atoms with van der Waals surface area (Å²) in [5.74, 6) is 0. The average Bonchev–Trinajstić information content (AvgIpc) is 2.30. The first kappa shape index (κ1) is 16.8. The standard InChI is InChI=1S/C10H22Br2N2O2/c1-13(5-7-15-3)9(11)10(12)14(2)6-8-16-4/h9-10H,5-8H2,1-4H3. The number of hydrogen-bond acceptors (Lipinski definition) is 4. The molecule has 0 N–H and O–H groups in total. The lowest BCUT2D eigenvalue weighted by atomic mass is 10.4. The molecule has 98 valence electrons. The van der Waals surface area contributed by atoms with Crippen molar-refractivity contribution in [3.63, 3.8) is 0 Å². The van der Waals surface area contributed by atoms with Gasteiger partial charge < -0.3 is 9.47 Å². The Morgan fingerprint density at radius 1 is 0.875 bits per heavy atom. The molecule has 0 saturated heterocycles. The second kappa shape index (κ2) is 9.79. The zero-order valence-corrected chi connectivity index (χ0v) is 13.6. The predicted molar refractivity (Wildman–Crippen MR) is 74.4 cm³/mol. The van der Waals surface area contributed by atoms with Gasteiger partial charge in [-0.3, -0.25) is 9.80 Å². The summed E-state index contributed by atoms with van der Waals surface area (Å²) >= 11 is 7.34. The molecule has 0 aliphatic heterocycles. The minimum absolute atomic E-state index is 0.240. The summed E-state index contributed by atoms with van der Waals surface area (Å²) in [6, 6.07) is 0. The van der Waals surface area contributed by atoms with Crippen molar-refractivity contribution >= 4 is 31.9 Å². The molecule has 0 aromatic carbocycles. The van der Waals surface area contributed by atoms with E-state index in [1.807, 2.05) is 0 Å².